The van der Waals surface area contributed by atoms with Gasteiger partial charge in [0.2, 0.25) is 0 Å². The normalized spacial score (nSPS) is 14.0. The van der Waals surface area contributed by atoms with Gasteiger partial charge < -0.3 is 27.9 Å². The second-order valence-electron chi connectivity index (χ2n) is 19.2. The first-order valence-corrected chi connectivity index (χ1v) is 28.8. The van der Waals surface area contributed by atoms with Crippen LogP contribution in [-0.4, -0.2) is 70.0 Å². The third kappa shape index (κ3) is 52.6. The van der Waals surface area contributed by atoms with Crippen LogP contribution >= 0.6 is 7.82 Å². The molecule has 0 radical (unpaired) electrons. The molecule has 392 valence electrons. The molecule has 0 aliphatic rings. The molecule has 9 nitrogen and oxygen atoms in total. The molecular formula is C58H102NO8P. The second kappa shape index (κ2) is 49.2. The van der Waals surface area contributed by atoms with E-state index in [4.69, 9.17) is 18.5 Å². The first-order chi connectivity index (χ1) is 33.0. The zero-order valence-electron chi connectivity index (χ0n) is 44.3. The lowest BCUT2D eigenvalue weighted by atomic mass is 10.0. The average Bonchev–Trinajstić information content (AvgIpc) is 3.30. The molecule has 0 aromatic rings. The summed E-state index contributed by atoms with van der Waals surface area (Å²) in [6, 6.07) is 0. The van der Waals surface area contributed by atoms with Gasteiger partial charge in [0.25, 0.3) is 7.82 Å². The topological polar surface area (TPSA) is 111 Å². The molecule has 0 saturated carbocycles. The summed E-state index contributed by atoms with van der Waals surface area (Å²) < 4.78 is 34.0. The van der Waals surface area contributed by atoms with Crippen molar-refractivity contribution in [2.24, 2.45) is 0 Å². The van der Waals surface area contributed by atoms with Gasteiger partial charge in [-0.25, -0.2) is 0 Å². The SMILES string of the molecule is CC/C=C\C/C=C\C/C=C\C/C=C\C/C=C\C/C=C\CCCCCCCCCCCCCCCCC(=O)OC(COC(=O)CCCCCCC/C=C\CCCC)COP(=O)([O-])OCC[N+](C)(C)C. The first-order valence-electron chi connectivity index (χ1n) is 27.3. The van der Waals surface area contributed by atoms with Crippen LogP contribution in [0.1, 0.15) is 219 Å². The molecular weight excluding hydrogens is 870 g/mol. The smallest absolute Gasteiger partial charge is 0.306 e. The molecule has 0 heterocycles. The minimum absolute atomic E-state index is 0.0346. The molecule has 68 heavy (non-hydrogen) atoms. The van der Waals surface area contributed by atoms with Gasteiger partial charge in [-0.3, -0.25) is 14.2 Å². The summed E-state index contributed by atoms with van der Waals surface area (Å²) in [6.45, 7) is 4.06. The van der Waals surface area contributed by atoms with Gasteiger partial charge in [0.1, 0.15) is 19.8 Å². The monoisotopic (exact) mass is 972 g/mol. The van der Waals surface area contributed by atoms with Crippen LogP contribution in [0.4, 0.5) is 0 Å². The van der Waals surface area contributed by atoms with E-state index < -0.39 is 32.5 Å². The number of nitrogens with zero attached hydrogens (tertiary/aromatic N) is 1. The van der Waals surface area contributed by atoms with Gasteiger partial charge in [-0.15, -0.1) is 0 Å². The molecule has 0 saturated heterocycles. The number of hydrogen-bond donors (Lipinski definition) is 0. The summed E-state index contributed by atoms with van der Waals surface area (Å²) in [7, 11) is 1.16. The van der Waals surface area contributed by atoms with Gasteiger partial charge in [0.05, 0.1) is 27.7 Å². The summed E-state index contributed by atoms with van der Waals surface area (Å²) in [4.78, 5) is 37.7. The van der Waals surface area contributed by atoms with Crippen molar-refractivity contribution in [3.63, 3.8) is 0 Å². The molecule has 0 amide bonds. The number of rotatable bonds is 49. The lowest BCUT2D eigenvalue weighted by Crippen LogP contribution is -2.37. The van der Waals surface area contributed by atoms with Crippen LogP contribution in [0.25, 0.3) is 0 Å². The van der Waals surface area contributed by atoms with Crippen molar-refractivity contribution >= 4 is 19.8 Å². The number of carbonyl (C=O) groups is 2. The number of hydrogen-bond acceptors (Lipinski definition) is 8. The molecule has 0 aromatic heterocycles. The van der Waals surface area contributed by atoms with E-state index in [1.165, 1.54) is 83.5 Å². The van der Waals surface area contributed by atoms with Crippen LogP contribution in [0.5, 0.6) is 0 Å². The molecule has 0 bridgehead atoms. The predicted octanol–water partition coefficient (Wildman–Crippen LogP) is 16.1. The molecule has 0 aliphatic carbocycles. The van der Waals surface area contributed by atoms with Gasteiger partial charge in [-0.2, -0.15) is 0 Å². The quantitative estimate of drug-likeness (QED) is 0.0195. The number of unbranched alkanes of at least 4 members (excludes halogenated alkanes) is 21. The van der Waals surface area contributed by atoms with Crippen LogP contribution in [-0.2, 0) is 32.7 Å². The highest BCUT2D eigenvalue weighted by atomic mass is 31.2. The Labute approximate surface area is 418 Å². The molecule has 0 aromatic carbocycles. The molecule has 10 heteroatoms. The second-order valence-corrected chi connectivity index (χ2v) is 20.6. The van der Waals surface area contributed by atoms with Gasteiger partial charge in [0, 0.05) is 12.8 Å². The Morgan fingerprint density at radius 2 is 0.838 bits per heavy atom. The number of phosphoric ester groups is 1. The van der Waals surface area contributed by atoms with Gasteiger partial charge in [-0.05, 0) is 83.5 Å². The summed E-state index contributed by atoms with van der Waals surface area (Å²) in [5.41, 5.74) is 0. The number of likely N-dealkylation sites (N-methyl/N-ethyl adjacent to an activating group) is 1. The maximum atomic E-state index is 12.7. The fourth-order valence-electron chi connectivity index (χ4n) is 7.17. The van der Waals surface area contributed by atoms with Crippen LogP contribution in [0.3, 0.4) is 0 Å². The zero-order valence-corrected chi connectivity index (χ0v) is 45.2. The number of ether oxygens (including phenoxy) is 2. The van der Waals surface area contributed by atoms with Crippen molar-refractivity contribution in [1.29, 1.82) is 0 Å². The standard InChI is InChI=1S/C58H102NO8P/c1-6-8-10-12-14-16-18-19-20-21-22-23-24-25-26-27-28-29-30-31-32-33-34-35-36-37-38-39-41-43-45-47-49-51-58(61)67-56(55-66-68(62,63)65-53-52-59(3,4)5)54-64-57(60)50-48-46-44-42-40-17-15-13-11-9-7-2/h8,10,13-16,19-20,22-23,25-26,28-29,56H,6-7,9,11-12,17-18,21,24,27,30-55H2,1-5H3/b10-8-,15-13-,16-14-,20-19-,23-22-,26-25-,29-28-. The molecule has 0 spiro atoms. The Hall–Kier alpha value is -2.81. The molecule has 2 atom stereocenters. The number of esters is 2. The van der Waals surface area contributed by atoms with Crippen molar-refractivity contribution < 1.29 is 42.1 Å². The molecule has 0 aliphatic heterocycles. The van der Waals surface area contributed by atoms with Crippen LogP contribution < -0.4 is 4.89 Å². The van der Waals surface area contributed by atoms with Gasteiger partial charge in [-0.1, -0.05) is 208 Å². The molecule has 0 fully saturated rings. The van der Waals surface area contributed by atoms with E-state index in [9.17, 15) is 19.0 Å². The van der Waals surface area contributed by atoms with E-state index in [1.54, 1.807) is 0 Å². The molecule has 0 rings (SSSR count). The summed E-state index contributed by atoms with van der Waals surface area (Å²) in [6.07, 6.45) is 64.9. The third-order valence-corrected chi connectivity index (χ3v) is 12.4. The van der Waals surface area contributed by atoms with Crippen molar-refractivity contribution in [2.45, 2.75) is 225 Å². The maximum Gasteiger partial charge on any atom is 0.306 e. The Bertz CT molecular complexity index is 1420. The summed E-state index contributed by atoms with van der Waals surface area (Å²) in [5.74, 6) is -0.847. The Kier molecular flexibility index (Phi) is 47.2. The number of quaternary nitrogens is 1. The Morgan fingerprint density at radius 1 is 0.471 bits per heavy atom. The lowest BCUT2D eigenvalue weighted by molar-refractivity contribution is -0.870. The van der Waals surface area contributed by atoms with Gasteiger partial charge >= 0.3 is 11.9 Å². The Balaban J connectivity index is 4.06. The molecule has 0 N–H and O–H groups in total. The largest absolute Gasteiger partial charge is 0.756 e. The average molecular weight is 972 g/mol. The van der Waals surface area contributed by atoms with E-state index in [0.717, 1.165) is 103 Å². The summed E-state index contributed by atoms with van der Waals surface area (Å²) >= 11 is 0. The fourth-order valence-corrected chi connectivity index (χ4v) is 7.90. The summed E-state index contributed by atoms with van der Waals surface area (Å²) in [5, 5.41) is 0. The van der Waals surface area contributed by atoms with Gasteiger partial charge in [0.15, 0.2) is 6.10 Å². The number of carbonyl (C=O) groups excluding carboxylic acids is 2. The minimum atomic E-state index is -4.63. The van der Waals surface area contributed by atoms with E-state index in [2.05, 4.69) is 98.9 Å². The molecule has 2 unspecified atom stereocenters. The fraction of sp³-hybridized carbons (Fsp3) is 0.724. The third-order valence-electron chi connectivity index (χ3n) is 11.4. The van der Waals surface area contributed by atoms with Crippen LogP contribution in [0, 0.1) is 0 Å². The van der Waals surface area contributed by atoms with Crippen molar-refractivity contribution in [3.8, 4) is 0 Å². The van der Waals surface area contributed by atoms with Crippen LogP contribution in [0.2, 0.25) is 0 Å². The van der Waals surface area contributed by atoms with E-state index in [0.29, 0.717) is 17.4 Å². The zero-order chi connectivity index (χ0) is 49.9. The van der Waals surface area contributed by atoms with Crippen molar-refractivity contribution in [2.75, 3.05) is 47.5 Å². The highest BCUT2D eigenvalue weighted by Crippen LogP contribution is 2.38. The van der Waals surface area contributed by atoms with Crippen LogP contribution in [0.15, 0.2) is 85.1 Å². The minimum Gasteiger partial charge on any atom is -0.756 e. The Morgan fingerprint density at radius 3 is 1.26 bits per heavy atom. The van der Waals surface area contributed by atoms with E-state index in [1.807, 2.05) is 21.1 Å². The van der Waals surface area contributed by atoms with E-state index in [-0.39, 0.29) is 26.1 Å². The number of allylic oxidation sites excluding steroid dienone is 14. The predicted molar refractivity (Wildman–Crippen MR) is 286 cm³/mol. The highest BCUT2D eigenvalue weighted by molar-refractivity contribution is 7.45. The number of phosphoric acid groups is 1. The van der Waals surface area contributed by atoms with E-state index >= 15 is 0 Å². The first kappa shape index (κ1) is 65.2. The highest BCUT2D eigenvalue weighted by Gasteiger charge is 2.21. The maximum absolute atomic E-state index is 12.7. The van der Waals surface area contributed by atoms with Crippen molar-refractivity contribution in [1.82, 2.24) is 0 Å². The lowest BCUT2D eigenvalue weighted by Gasteiger charge is -2.28. The van der Waals surface area contributed by atoms with Crippen molar-refractivity contribution in [3.05, 3.63) is 85.1 Å².